The quantitative estimate of drug-likeness (QED) is 0.657. The topological polar surface area (TPSA) is 76.0 Å². The lowest BCUT2D eigenvalue weighted by molar-refractivity contribution is -0.132. The Bertz CT molecular complexity index is 717. The van der Waals surface area contributed by atoms with Gasteiger partial charge in [0.05, 0.1) is 11.9 Å². The van der Waals surface area contributed by atoms with Crippen LogP contribution in [0.5, 0.6) is 0 Å². The van der Waals surface area contributed by atoms with E-state index in [0.29, 0.717) is 17.9 Å². The Morgan fingerprint density at radius 3 is 2.17 bits per heavy atom. The highest BCUT2D eigenvalue weighted by atomic mass is 32.2. The molecule has 24 heavy (non-hydrogen) atoms. The van der Waals surface area contributed by atoms with Gasteiger partial charge in [-0.25, -0.2) is 0 Å². The smallest absolute Gasteiger partial charge is 0.314 e. The van der Waals surface area contributed by atoms with Crippen LogP contribution >= 0.6 is 11.8 Å². The summed E-state index contributed by atoms with van der Waals surface area (Å²) in [4.78, 5) is 25.0. The molecule has 2 amide bonds. The molecule has 0 spiro atoms. The standard InChI is InChI=1S/C17H22N4O2S/c1-5-21-11-13(10-18-21)20-16(23)15(22)19-12-6-8-14(9-7-12)24-17(2,3)4/h6-11H,5H2,1-4H3,(H,19,22)(H,20,23). The van der Waals surface area contributed by atoms with Gasteiger partial charge in [-0.2, -0.15) is 5.10 Å². The van der Waals surface area contributed by atoms with Gasteiger partial charge in [-0.05, 0) is 31.2 Å². The fraction of sp³-hybridized carbons (Fsp3) is 0.353. The second-order valence-corrected chi connectivity index (χ2v) is 8.13. The van der Waals surface area contributed by atoms with Crippen molar-refractivity contribution in [3.63, 3.8) is 0 Å². The molecule has 2 N–H and O–H groups in total. The number of hydrogen-bond donors (Lipinski definition) is 2. The molecule has 0 saturated carbocycles. The summed E-state index contributed by atoms with van der Waals surface area (Å²) in [5, 5.41) is 9.14. The fourth-order valence-corrected chi connectivity index (χ4v) is 2.92. The third kappa shape index (κ3) is 5.42. The van der Waals surface area contributed by atoms with Crippen LogP contribution in [0.2, 0.25) is 0 Å². The summed E-state index contributed by atoms with van der Waals surface area (Å²) < 4.78 is 1.78. The molecule has 0 radical (unpaired) electrons. The minimum atomic E-state index is -0.723. The first kappa shape index (κ1) is 18.1. The molecular formula is C17H22N4O2S. The molecule has 1 aromatic carbocycles. The second-order valence-electron chi connectivity index (χ2n) is 6.23. The number of aryl methyl sites for hydroxylation is 1. The zero-order valence-corrected chi connectivity index (χ0v) is 15.1. The van der Waals surface area contributed by atoms with Crippen molar-refractivity contribution in [3.05, 3.63) is 36.7 Å². The Labute approximate surface area is 146 Å². The van der Waals surface area contributed by atoms with E-state index >= 15 is 0 Å². The van der Waals surface area contributed by atoms with E-state index in [1.807, 2.05) is 19.1 Å². The van der Waals surface area contributed by atoms with Gasteiger partial charge in [0.1, 0.15) is 0 Å². The molecule has 2 aromatic rings. The number of amides is 2. The molecule has 0 saturated heterocycles. The molecule has 0 aliphatic rings. The summed E-state index contributed by atoms with van der Waals surface area (Å²) in [6.07, 6.45) is 3.18. The van der Waals surface area contributed by atoms with Gasteiger partial charge in [-0.3, -0.25) is 14.3 Å². The number of carbonyl (C=O) groups is 2. The van der Waals surface area contributed by atoms with E-state index in [0.717, 1.165) is 4.90 Å². The van der Waals surface area contributed by atoms with Crippen molar-refractivity contribution in [1.29, 1.82) is 0 Å². The van der Waals surface area contributed by atoms with E-state index in [2.05, 4.69) is 36.5 Å². The van der Waals surface area contributed by atoms with E-state index in [4.69, 9.17) is 0 Å². The molecule has 128 valence electrons. The Balaban J connectivity index is 1.92. The maximum absolute atomic E-state index is 12.0. The Kier molecular flexibility index (Phi) is 5.66. The van der Waals surface area contributed by atoms with Crippen molar-refractivity contribution in [1.82, 2.24) is 9.78 Å². The van der Waals surface area contributed by atoms with Crippen LogP contribution in [0.4, 0.5) is 11.4 Å². The maximum atomic E-state index is 12.0. The van der Waals surface area contributed by atoms with Gasteiger partial charge in [0, 0.05) is 28.1 Å². The van der Waals surface area contributed by atoms with E-state index in [9.17, 15) is 9.59 Å². The van der Waals surface area contributed by atoms with Gasteiger partial charge >= 0.3 is 11.8 Å². The van der Waals surface area contributed by atoms with Crippen LogP contribution in [0, 0.1) is 0 Å². The maximum Gasteiger partial charge on any atom is 0.314 e. The van der Waals surface area contributed by atoms with Gasteiger partial charge < -0.3 is 10.6 Å². The number of hydrogen-bond acceptors (Lipinski definition) is 4. The molecule has 1 aromatic heterocycles. The van der Waals surface area contributed by atoms with Crippen LogP contribution in [0.15, 0.2) is 41.6 Å². The van der Waals surface area contributed by atoms with Crippen molar-refractivity contribution in [2.24, 2.45) is 0 Å². The number of rotatable bonds is 4. The fourth-order valence-electron chi connectivity index (χ4n) is 1.94. The predicted octanol–water partition coefficient (Wildman–Crippen LogP) is 3.37. The Hall–Kier alpha value is -2.28. The second kappa shape index (κ2) is 7.53. The van der Waals surface area contributed by atoms with Gasteiger partial charge in [-0.1, -0.05) is 20.8 Å². The normalized spacial score (nSPS) is 11.2. The highest BCUT2D eigenvalue weighted by molar-refractivity contribution is 8.00. The first-order valence-corrected chi connectivity index (χ1v) is 8.52. The van der Waals surface area contributed by atoms with Crippen LogP contribution in [0.3, 0.4) is 0 Å². The average molecular weight is 346 g/mol. The third-order valence-electron chi connectivity index (χ3n) is 2.96. The molecular weight excluding hydrogens is 324 g/mol. The molecule has 0 fully saturated rings. The van der Waals surface area contributed by atoms with Crippen molar-refractivity contribution < 1.29 is 9.59 Å². The van der Waals surface area contributed by atoms with Crippen molar-refractivity contribution in [3.8, 4) is 0 Å². The number of anilines is 2. The van der Waals surface area contributed by atoms with Gasteiger partial charge in [-0.15, -0.1) is 11.8 Å². The zero-order valence-electron chi connectivity index (χ0n) is 14.3. The number of carbonyl (C=O) groups excluding carboxylic acids is 2. The summed E-state index contributed by atoms with van der Waals surface area (Å²) in [5.41, 5.74) is 1.08. The lowest BCUT2D eigenvalue weighted by Crippen LogP contribution is -2.28. The summed E-state index contributed by atoms with van der Waals surface area (Å²) in [5.74, 6) is -1.44. The highest BCUT2D eigenvalue weighted by Gasteiger charge is 2.15. The van der Waals surface area contributed by atoms with E-state index in [1.165, 1.54) is 6.20 Å². The van der Waals surface area contributed by atoms with E-state index < -0.39 is 11.8 Å². The SMILES string of the molecule is CCn1cc(NC(=O)C(=O)Nc2ccc(SC(C)(C)C)cc2)cn1. The minimum Gasteiger partial charge on any atom is -0.318 e. The lowest BCUT2D eigenvalue weighted by Gasteiger charge is -2.17. The molecule has 0 bridgehead atoms. The van der Waals surface area contributed by atoms with Crippen LogP contribution in [0.25, 0.3) is 0 Å². The first-order valence-electron chi connectivity index (χ1n) is 7.70. The van der Waals surface area contributed by atoms with Crippen molar-refractivity contribution >= 4 is 35.0 Å². The van der Waals surface area contributed by atoms with Crippen LogP contribution in [-0.2, 0) is 16.1 Å². The first-order chi connectivity index (χ1) is 11.3. The molecule has 0 aliphatic heterocycles. The zero-order chi connectivity index (χ0) is 17.7. The summed E-state index contributed by atoms with van der Waals surface area (Å²) in [7, 11) is 0. The predicted molar refractivity (Wildman–Crippen MR) is 97.2 cm³/mol. The van der Waals surface area contributed by atoms with Crippen molar-refractivity contribution in [2.75, 3.05) is 10.6 Å². The largest absolute Gasteiger partial charge is 0.318 e. The van der Waals surface area contributed by atoms with Gasteiger partial charge in [0.15, 0.2) is 0 Å². The lowest BCUT2D eigenvalue weighted by atomic mass is 10.3. The monoisotopic (exact) mass is 346 g/mol. The molecule has 2 rings (SSSR count). The number of aromatic nitrogens is 2. The van der Waals surface area contributed by atoms with E-state index in [1.54, 1.807) is 34.8 Å². The summed E-state index contributed by atoms with van der Waals surface area (Å²) in [6.45, 7) is 9.04. The Morgan fingerprint density at radius 2 is 1.67 bits per heavy atom. The average Bonchev–Trinajstić information content (AvgIpc) is 2.95. The number of thioether (sulfide) groups is 1. The number of benzene rings is 1. The third-order valence-corrected chi connectivity index (χ3v) is 4.08. The van der Waals surface area contributed by atoms with E-state index in [-0.39, 0.29) is 4.75 Å². The van der Waals surface area contributed by atoms with Gasteiger partial charge in [0.2, 0.25) is 0 Å². The molecule has 0 aliphatic carbocycles. The highest BCUT2D eigenvalue weighted by Crippen LogP contribution is 2.32. The van der Waals surface area contributed by atoms with Gasteiger partial charge in [0.25, 0.3) is 0 Å². The molecule has 6 nitrogen and oxygen atoms in total. The van der Waals surface area contributed by atoms with Crippen LogP contribution in [0.1, 0.15) is 27.7 Å². The van der Waals surface area contributed by atoms with Crippen LogP contribution in [-0.4, -0.2) is 26.3 Å². The van der Waals surface area contributed by atoms with Crippen molar-refractivity contribution in [2.45, 2.75) is 43.9 Å². The summed E-state index contributed by atoms with van der Waals surface area (Å²) in [6, 6.07) is 7.42. The Morgan fingerprint density at radius 1 is 1.08 bits per heavy atom. The summed E-state index contributed by atoms with van der Waals surface area (Å²) >= 11 is 1.74. The molecule has 7 heteroatoms. The molecule has 1 heterocycles. The number of nitrogens with zero attached hydrogens (tertiary/aromatic N) is 2. The number of nitrogens with one attached hydrogen (secondary N) is 2. The molecule has 0 atom stereocenters. The minimum absolute atomic E-state index is 0.119. The van der Waals surface area contributed by atoms with Crippen LogP contribution < -0.4 is 10.6 Å². The molecule has 0 unspecified atom stereocenters.